The summed E-state index contributed by atoms with van der Waals surface area (Å²) in [6.45, 7) is 1.44. The number of hydrogen-bond donors (Lipinski definition) is 3. The third-order valence-corrected chi connectivity index (χ3v) is 6.93. The molecule has 2 aromatic heterocycles. The maximum atomic E-state index is 15.0. The number of benzene rings is 2. The Morgan fingerprint density at radius 3 is 2.52 bits per heavy atom. The Hall–Kier alpha value is -3.71. The van der Waals surface area contributed by atoms with E-state index in [4.69, 9.17) is 0 Å². The Morgan fingerprint density at radius 2 is 1.80 bits per heavy atom. The number of fused-ring (bicyclic) bond motifs is 1. The first kappa shape index (κ1) is 27.8. The van der Waals surface area contributed by atoms with Crippen molar-refractivity contribution in [1.29, 1.82) is 0 Å². The molecular weight excluding hydrogens is 543 g/mol. The minimum absolute atomic E-state index is 0.0619. The second-order valence-corrected chi connectivity index (χ2v) is 9.70. The van der Waals surface area contributed by atoms with Crippen LogP contribution < -0.4 is 10.2 Å². The van der Waals surface area contributed by atoms with E-state index in [0.29, 0.717) is 16.9 Å². The number of β-amino-alcohol motifs (C(OH)–C–C–N with tert-alkyl or cyclic N) is 1. The van der Waals surface area contributed by atoms with Gasteiger partial charge in [0.1, 0.15) is 17.5 Å². The number of anilines is 1. The van der Waals surface area contributed by atoms with Crippen molar-refractivity contribution in [3.05, 3.63) is 65.5 Å². The number of aromatic nitrogens is 3. The molecule has 0 aliphatic carbocycles. The van der Waals surface area contributed by atoms with Gasteiger partial charge < -0.3 is 20.3 Å². The monoisotopic (exact) mass is 567 g/mol. The average molecular weight is 568 g/mol. The first-order valence-corrected chi connectivity index (χ1v) is 12.4. The van der Waals surface area contributed by atoms with Crippen molar-refractivity contribution in [3.8, 4) is 22.5 Å². The molecule has 1 aliphatic rings. The lowest BCUT2D eigenvalue weighted by atomic mass is 9.95. The van der Waals surface area contributed by atoms with E-state index in [1.54, 1.807) is 11.8 Å². The predicted molar refractivity (Wildman–Crippen MR) is 135 cm³/mol. The quantitative estimate of drug-likeness (QED) is 0.263. The van der Waals surface area contributed by atoms with Gasteiger partial charge in [0.05, 0.1) is 40.5 Å². The fourth-order valence-electron chi connectivity index (χ4n) is 5.00. The first-order chi connectivity index (χ1) is 18.9. The summed E-state index contributed by atoms with van der Waals surface area (Å²) >= 11 is 0. The first-order valence-electron chi connectivity index (χ1n) is 12.4. The SMILES string of the molecule is Cc1ncc(-c2cc(F)ccc2F)c(N2CC[C@@H](NCCC(F)(F)F)[C@@H](O)C2)c1-c1nc2cc(F)c(F)cc2[nH]1. The molecule has 0 saturated carbocycles. The molecule has 2 aromatic carbocycles. The fourth-order valence-corrected chi connectivity index (χ4v) is 5.00. The highest BCUT2D eigenvalue weighted by atomic mass is 19.4. The van der Waals surface area contributed by atoms with Crippen LogP contribution in [0.4, 0.5) is 36.4 Å². The lowest BCUT2D eigenvalue weighted by Gasteiger charge is -2.39. The Bertz CT molecular complexity index is 1520. The molecule has 40 heavy (non-hydrogen) atoms. The van der Waals surface area contributed by atoms with Crippen LogP contribution in [0.5, 0.6) is 0 Å². The van der Waals surface area contributed by atoms with E-state index in [2.05, 4.69) is 20.3 Å². The number of rotatable bonds is 6. The van der Waals surface area contributed by atoms with Crippen LogP contribution in [0.2, 0.25) is 0 Å². The van der Waals surface area contributed by atoms with Crippen molar-refractivity contribution < 1.29 is 35.8 Å². The minimum Gasteiger partial charge on any atom is -0.390 e. The largest absolute Gasteiger partial charge is 0.390 e. The van der Waals surface area contributed by atoms with Crippen molar-refractivity contribution in [2.75, 3.05) is 24.5 Å². The van der Waals surface area contributed by atoms with Crippen LogP contribution in [0, 0.1) is 30.2 Å². The molecule has 6 nitrogen and oxygen atoms in total. The van der Waals surface area contributed by atoms with Gasteiger partial charge in [0.15, 0.2) is 11.6 Å². The van der Waals surface area contributed by atoms with Gasteiger partial charge in [0, 0.05) is 55.1 Å². The molecule has 1 saturated heterocycles. The van der Waals surface area contributed by atoms with E-state index >= 15 is 0 Å². The van der Waals surface area contributed by atoms with Crippen LogP contribution in [-0.2, 0) is 0 Å². The van der Waals surface area contributed by atoms with Gasteiger partial charge in [0.2, 0.25) is 0 Å². The minimum atomic E-state index is -4.34. The van der Waals surface area contributed by atoms with Gasteiger partial charge in [-0.2, -0.15) is 13.2 Å². The zero-order chi connectivity index (χ0) is 28.8. The number of aliphatic hydroxyl groups is 1. The standard InChI is InChI=1S/C27H24F7N5O/c1-13-24(26-37-21-9-18(30)19(31)10-22(21)38-26)25(16(11-36-13)15-8-14(28)2-3-17(15)29)39-7-4-20(23(40)12-39)35-6-5-27(32,33)34/h2-3,8-11,20,23,35,40H,4-7,12H2,1H3,(H,37,38)/t20-,23+/m1/s1. The average Bonchev–Trinajstić information content (AvgIpc) is 3.28. The van der Waals surface area contributed by atoms with Crippen molar-refractivity contribution in [2.45, 2.75) is 38.1 Å². The molecule has 3 N–H and O–H groups in total. The smallest absolute Gasteiger partial charge is 0.390 e. The molecule has 4 aromatic rings. The van der Waals surface area contributed by atoms with Crippen molar-refractivity contribution in [2.24, 2.45) is 0 Å². The fraction of sp³-hybridized carbons (Fsp3) is 0.333. The number of piperidine rings is 1. The zero-order valence-corrected chi connectivity index (χ0v) is 21.1. The highest BCUT2D eigenvalue weighted by Crippen LogP contribution is 2.42. The summed E-state index contributed by atoms with van der Waals surface area (Å²) in [4.78, 5) is 13.4. The lowest BCUT2D eigenvalue weighted by molar-refractivity contribution is -0.134. The molecule has 5 rings (SSSR count). The van der Waals surface area contributed by atoms with Gasteiger partial charge in [-0.05, 0) is 31.5 Å². The summed E-state index contributed by atoms with van der Waals surface area (Å²) in [6, 6.07) is 4.17. The lowest BCUT2D eigenvalue weighted by Crippen LogP contribution is -2.53. The number of hydrogen-bond acceptors (Lipinski definition) is 5. The third-order valence-electron chi connectivity index (χ3n) is 6.93. The van der Waals surface area contributed by atoms with Crippen LogP contribution in [0.15, 0.2) is 36.5 Å². The molecule has 212 valence electrons. The molecular formula is C27H24F7N5O. The summed E-state index contributed by atoms with van der Waals surface area (Å²) in [7, 11) is 0. The van der Waals surface area contributed by atoms with E-state index < -0.39 is 48.0 Å². The highest BCUT2D eigenvalue weighted by Gasteiger charge is 2.33. The molecule has 3 heterocycles. The topological polar surface area (TPSA) is 77.1 Å². The van der Waals surface area contributed by atoms with E-state index in [1.165, 1.54) is 6.20 Å². The van der Waals surface area contributed by atoms with Gasteiger partial charge >= 0.3 is 6.18 Å². The van der Waals surface area contributed by atoms with Crippen LogP contribution in [-0.4, -0.2) is 58.0 Å². The van der Waals surface area contributed by atoms with Crippen LogP contribution in [0.3, 0.4) is 0 Å². The Kier molecular flexibility index (Phi) is 7.44. The molecule has 0 bridgehead atoms. The highest BCUT2D eigenvalue weighted by molar-refractivity contribution is 5.92. The van der Waals surface area contributed by atoms with Gasteiger partial charge in [-0.3, -0.25) is 4.98 Å². The molecule has 1 fully saturated rings. The van der Waals surface area contributed by atoms with Crippen molar-refractivity contribution >= 4 is 16.7 Å². The number of H-pyrrole nitrogens is 1. The maximum Gasteiger partial charge on any atom is 0.390 e. The third kappa shape index (κ3) is 5.61. The predicted octanol–water partition coefficient (Wildman–Crippen LogP) is 5.64. The van der Waals surface area contributed by atoms with Crippen molar-refractivity contribution in [3.63, 3.8) is 0 Å². The summed E-state index contributed by atoms with van der Waals surface area (Å²) in [6.07, 6.45) is -4.91. The summed E-state index contributed by atoms with van der Waals surface area (Å²) in [5, 5.41) is 13.6. The molecule has 1 aliphatic heterocycles. The molecule has 0 spiro atoms. The molecule has 0 unspecified atom stereocenters. The number of nitrogens with one attached hydrogen (secondary N) is 2. The summed E-state index contributed by atoms with van der Waals surface area (Å²) < 4.78 is 94.8. The number of halogens is 7. The van der Waals surface area contributed by atoms with Gasteiger partial charge in [-0.15, -0.1) is 0 Å². The van der Waals surface area contributed by atoms with Gasteiger partial charge in [-0.1, -0.05) is 0 Å². The van der Waals surface area contributed by atoms with E-state index in [9.17, 15) is 35.8 Å². The number of aryl methyl sites for hydroxylation is 1. The summed E-state index contributed by atoms with van der Waals surface area (Å²) in [5.41, 5.74) is 1.42. The second-order valence-electron chi connectivity index (χ2n) is 9.70. The van der Waals surface area contributed by atoms with Crippen LogP contribution in [0.1, 0.15) is 18.5 Å². The van der Waals surface area contributed by atoms with E-state index in [-0.39, 0.29) is 54.0 Å². The van der Waals surface area contributed by atoms with E-state index in [0.717, 1.165) is 30.3 Å². The number of pyridine rings is 1. The maximum absolute atomic E-state index is 15.0. The van der Waals surface area contributed by atoms with Crippen LogP contribution >= 0.6 is 0 Å². The van der Waals surface area contributed by atoms with Crippen molar-refractivity contribution in [1.82, 2.24) is 20.3 Å². The normalized spacial score (nSPS) is 18.1. The Morgan fingerprint density at radius 1 is 1.05 bits per heavy atom. The molecule has 2 atom stereocenters. The number of aromatic amines is 1. The number of aliphatic hydroxyl groups excluding tert-OH is 1. The molecule has 13 heteroatoms. The molecule has 0 radical (unpaired) electrons. The zero-order valence-electron chi connectivity index (χ0n) is 21.1. The van der Waals surface area contributed by atoms with E-state index in [1.807, 2.05) is 0 Å². The number of imidazole rings is 1. The molecule has 0 amide bonds. The number of nitrogens with zero attached hydrogens (tertiary/aromatic N) is 3. The van der Waals surface area contributed by atoms with Crippen LogP contribution in [0.25, 0.3) is 33.5 Å². The second kappa shape index (κ2) is 10.7. The number of alkyl halides is 3. The Balaban J connectivity index is 1.60. The summed E-state index contributed by atoms with van der Waals surface area (Å²) in [5.74, 6) is -3.47. The Labute approximate surface area is 223 Å². The van der Waals surface area contributed by atoms with Gasteiger partial charge in [0.25, 0.3) is 0 Å². The van der Waals surface area contributed by atoms with Gasteiger partial charge in [-0.25, -0.2) is 22.5 Å².